The predicted octanol–water partition coefficient (Wildman–Crippen LogP) is 1.49. The largest absolute Gasteiger partial charge is 0.396 e. The van der Waals surface area contributed by atoms with E-state index in [9.17, 15) is 0 Å². The molecule has 1 heterocycles. The first-order chi connectivity index (χ1) is 5.27. The van der Waals surface area contributed by atoms with Crippen LogP contribution in [0.5, 0.6) is 0 Å². The second-order valence-electron chi connectivity index (χ2n) is 3.18. The minimum absolute atomic E-state index is 0.0465. The van der Waals surface area contributed by atoms with Gasteiger partial charge >= 0.3 is 0 Å². The van der Waals surface area contributed by atoms with Crippen molar-refractivity contribution in [2.75, 3.05) is 13.2 Å². The van der Waals surface area contributed by atoms with E-state index in [1.807, 2.05) is 6.08 Å². The first-order valence-electron chi connectivity index (χ1n) is 4.19. The first-order valence-corrected chi connectivity index (χ1v) is 4.19. The third kappa shape index (κ3) is 2.64. The molecule has 0 aliphatic carbocycles. The molecule has 0 aromatic rings. The highest BCUT2D eigenvalue weighted by Crippen LogP contribution is 2.26. The Labute approximate surface area is 67.9 Å². The number of aliphatic hydroxyl groups excluding tert-OH is 1. The maximum absolute atomic E-state index is 8.53. The molecule has 1 aliphatic heterocycles. The van der Waals surface area contributed by atoms with Gasteiger partial charge in [-0.25, -0.2) is 0 Å². The van der Waals surface area contributed by atoms with Gasteiger partial charge in [0, 0.05) is 13.2 Å². The summed E-state index contributed by atoms with van der Waals surface area (Å²) in [4.78, 5) is 0. The molecule has 1 rings (SSSR count). The summed E-state index contributed by atoms with van der Waals surface area (Å²) in [7, 11) is 0. The highest BCUT2D eigenvalue weighted by Gasteiger charge is 2.25. The van der Waals surface area contributed by atoms with Crippen molar-refractivity contribution in [3.63, 3.8) is 0 Å². The SMILES string of the molecule is CC1(/C=C/CCO)CCCO1. The Morgan fingerprint density at radius 3 is 3.00 bits per heavy atom. The van der Waals surface area contributed by atoms with E-state index in [0.717, 1.165) is 25.9 Å². The first kappa shape index (κ1) is 8.75. The van der Waals surface area contributed by atoms with Crippen molar-refractivity contribution in [2.24, 2.45) is 0 Å². The van der Waals surface area contributed by atoms with Crippen LogP contribution in [0.2, 0.25) is 0 Å². The molecule has 1 N–H and O–H groups in total. The minimum Gasteiger partial charge on any atom is -0.396 e. The van der Waals surface area contributed by atoms with Crippen LogP contribution in [0, 0.1) is 0 Å². The maximum atomic E-state index is 8.53. The van der Waals surface area contributed by atoms with E-state index in [2.05, 4.69) is 13.0 Å². The quantitative estimate of drug-likeness (QED) is 0.627. The van der Waals surface area contributed by atoms with Gasteiger partial charge in [-0.2, -0.15) is 0 Å². The Hall–Kier alpha value is -0.340. The second-order valence-corrected chi connectivity index (χ2v) is 3.18. The molecule has 1 atom stereocenters. The van der Waals surface area contributed by atoms with Crippen molar-refractivity contribution >= 4 is 0 Å². The van der Waals surface area contributed by atoms with Crippen molar-refractivity contribution < 1.29 is 9.84 Å². The van der Waals surface area contributed by atoms with E-state index in [4.69, 9.17) is 9.84 Å². The summed E-state index contributed by atoms with van der Waals surface area (Å²) < 4.78 is 5.52. The number of hydrogen-bond acceptors (Lipinski definition) is 2. The number of aliphatic hydroxyl groups is 1. The summed E-state index contributed by atoms with van der Waals surface area (Å²) in [5.41, 5.74) is -0.0465. The van der Waals surface area contributed by atoms with E-state index in [1.165, 1.54) is 0 Å². The Kier molecular flexibility index (Phi) is 3.09. The summed E-state index contributed by atoms with van der Waals surface area (Å²) in [6, 6.07) is 0. The molecule has 64 valence electrons. The lowest BCUT2D eigenvalue weighted by molar-refractivity contribution is 0.0610. The number of ether oxygens (including phenoxy) is 1. The Morgan fingerprint density at radius 2 is 2.45 bits per heavy atom. The van der Waals surface area contributed by atoms with E-state index in [1.54, 1.807) is 0 Å². The van der Waals surface area contributed by atoms with Gasteiger partial charge in [0.25, 0.3) is 0 Å². The zero-order chi connectivity index (χ0) is 8.16. The summed E-state index contributed by atoms with van der Waals surface area (Å²) in [5, 5.41) is 8.53. The third-order valence-corrected chi connectivity index (χ3v) is 2.02. The van der Waals surface area contributed by atoms with Crippen LogP contribution < -0.4 is 0 Å². The van der Waals surface area contributed by atoms with Gasteiger partial charge in [-0.05, 0) is 26.2 Å². The Bertz CT molecular complexity index is 134. The molecule has 0 spiro atoms. The number of rotatable bonds is 3. The van der Waals surface area contributed by atoms with Crippen LogP contribution in [0.15, 0.2) is 12.2 Å². The van der Waals surface area contributed by atoms with Crippen molar-refractivity contribution in [3.8, 4) is 0 Å². The molecule has 1 unspecified atom stereocenters. The highest BCUT2D eigenvalue weighted by molar-refractivity contribution is 5.01. The number of hydrogen-bond donors (Lipinski definition) is 1. The van der Waals surface area contributed by atoms with E-state index in [-0.39, 0.29) is 12.2 Å². The van der Waals surface area contributed by atoms with E-state index >= 15 is 0 Å². The van der Waals surface area contributed by atoms with Gasteiger partial charge in [-0.15, -0.1) is 0 Å². The van der Waals surface area contributed by atoms with E-state index < -0.39 is 0 Å². The highest BCUT2D eigenvalue weighted by atomic mass is 16.5. The zero-order valence-electron chi connectivity index (χ0n) is 7.05. The van der Waals surface area contributed by atoms with Crippen LogP contribution in [-0.4, -0.2) is 23.9 Å². The molecule has 0 amide bonds. The van der Waals surface area contributed by atoms with Crippen LogP contribution in [0.4, 0.5) is 0 Å². The normalized spacial score (nSPS) is 31.8. The summed E-state index contributed by atoms with van der Waals surface area (Å²) in [5.74, 6) is 0. The smallest absolute Gasteiger partial charge is 0.0835 e. The molecule has 2 heteroatoms. The fraction of sp³-hybridized carbons (Fsp3) is 0.778. The van der Waals surface area contributed by atoms with Gasteiger partial charge in [0.05, 0.1) is 5.60 Å². The molecular weight excluding hydrogens is 140 g/mol. The summed E-state index contributed by atoms with van der Waals surface area (Å²) in [6.45, 7) is 3.19. The van der Waals surface area contributed by atoms with Gasteiger partial charge in [0.1, 0.15) is 0 Å². The molecule has 0 saturated carbocycles. The van der Waals surface area contributed by atoms with E-state index in [0.29, 0.717) is 0 Å². The lowest BCUT2D eigenvalue weighted by atomic mass is 10.0. The summed E-state index contributed by atoms with van der Waals surface area (Å²) >= 11 is 0. The van der Waals surface area contributed by atoms with Gasteiger partial charge < -0.3 is 9.84 Å². The molecule has 1 saturated heterocycles. The van der Waals surface area contributed by atoms with Crippen LogP contribution >= 0.6 is 0 Å². The van der Waals surface area contributed by atoms with Gasteiger partial charge in [0.15, 0.2) is 0 Å². The molecular formula is C9H16O2. The standard InChI is InChI=1S/C9H16O2/c1-9(5-2-3-7-10)6-4-8-11-9/h2,5,10H,3-4,6-8H2,1H3/b5-2+. The second kappa shape index (κ2) is 3.88. The van der Waals surface area contributed by atoms with Crippen molar-refractivity contribution in [1.29, 1.82) is 0 Å². The lowest BCUT2D eigenvalue weighted by Gasteiger charge is -2.17. The van der Waals surface area contributed by atoms with Crippen LogP contribution in [0.1, 0.15) is 26.2 Å². The summed E-state index contributed by atoms with van der Waals surface area (Å²) in [6.07, 6.45) is 7.05. The zero-order valence-corrected chi connectivity index (χ0v) is 7.05. The fourth-order valence-corrected chi connectivity index (χ4v) is 1.34. The minimum atomic E-state index is -0.0465. The third-order valence-electron chi connectivity index (χ3n) is 2.02. The Balaban J connectivity index is 2.33. The molecule has 0 radical (unpaired) electrons. The van der Waals surface area contributed by atoms with Gasteiger partial charge in [-0.3, -0.25) is 0 Å². The monoisotopic (exact) mass is 156 g/mol. The average Bonchev–Trinajstić information content (AvgIpc) is 2.38. The molecule has 11 heavy (non-hydrogen) atoms. The van der Waals surface area contributed by atoms with Crippen molar-refractivity contribution in [3.05, 3.63) is 12.2 Å². The Morgan fingerprint density at radius 1 is 1.64 bits per heavy atom. The van der Waals surface area contributed by atoms with Crippen molar-refractivity contribution in [2.45, 2.75) is 31.8 Å². The van der Waals surface area contributed by atoms with Gasteiger partial charge in [-0.1, -0.05) is 12.2 Å². The molecule has 2 nitrogen and oxygen atoms in total. The van der Waals surface area contributed by atoms with Crippen LogP contribution in [0.3, 0.4) is 0 Å². The van der Waals surface area contributed by atoms with Crippen LogP contribution in [-0.2, 0) is 4.74 Å². The van der Waals surface area contributed by atoms with Gasteiger partial charge in [0.2, 0.25) is 0 Å². The topological polar surface area (TPSA) is 29.5 Å². The lowest BCUT2D eigenvalue weighted by Crippen LogP contribution is -2.18. The fourth-order valence-electron chi connectivity index (χ4n) is 1.34. The molecule has 0 aromatic heterocycles. The van der Waals surface area contributed by atoms with Crippen LogP contribution in [0.25, 0.3) is 0 Å². The van der Waals surface area contributed by atoms with Crippen molar-refractivity contribution in [1.82, 2.24) is 0 Å². The molecule has 0 aromatic carbocycles. The average molecular weight is 156 g/mol. The molecule has 1 fully saturated rings. The molecule has 0 bridgehead atoms. The predicted molar refractivity (Wildman–Crippen MR) is 44.4 cm³/mol. The molecule has 1 aliphatic rings. The maximum Gasteiger partial charge on any atom is 0.0835 e.